The van der Waals surface area contributed by atoms with Crippen LogP contribution < -0.4 is 10.1 Å². The van der Waals surface area contributed by atoms with Crippen LogP contribution in [0.3, 0.4) is 0 Å². The van der Waals surface area contributed by atoms with Gasteiger partial charge in [-0.1, -0.05) is 12.1 Å². The molecule has 1 aliphatic rings. The number of hydrogen-bond donors (Lipinski definition) is 1. The maximum Gasteiger partial charge on any atom is 0.255 e. The Kier molecular flexibility index (Phi) is 5.13. The highest BCUT2D eigenvalue weighted by molar-refractivity contribution is 7.09. The van der Waals surface area contributed by atoms with E-state index in [9.17, 15) is 4.79 Å². The van der Waals surface area contributed by atoms with Crippen LogP contribution in [0.2, 0.25) is 0 Å². The second-order valence-electron chi connectivity index (χ2n) is 6.27. The number of nitrogens with zero attached hydrogens (tertiary/aromatic N) is 2. The molecule has 27 heavy (non-hydrogen) atoms. The lowest BCUT2D eigenvalue weighted by atomic mass is 10.1. The predicted molar refractivity (Wildman–Crippen MR) is 104 cm³/mol. The molecule has 0 bridgehead atoms. The van der Waals surface area contributed by atoms with Crippen molar-refractivity contribution in [3.8, 4) is 17.1 Å². The van der Waals surface area contributed by atoms with E-state index in [2.05, 4.69) is 15.3 Å². The summed E-state index contributed by atoms with van der Waals surface area (Å²) in [6.07, 6.45) is 2.41. The number of aromatic nitrogens is 2. The number of ether oxygens (including phenoxy) is 2. The first-order valence-electron chi connectivity index (χ1n) is 8.72. The minimum atomic E-state index is -0.212. The standard InChI is InChI=1S/C20H19N3O3S/c1-13-22-18(12-27-13)14-3-2-4-16(9-14)23-20(24)15-5-7-21-19(10-15)26-17-6-8-25-11-17/h2-5,7,9-10,12,17H,6,8,11H2,1H3,(H,23,24). The van der Waals surface area contributed by atoms with E-state index in [0.29, 0.717) is 30.3 Å². The largest absolute Gasteiger partial charge is 0.472 e. The summed E-state index contributed by atoms with van der Waals surface area (Å²) in [6, 6.07) is 11.0. The van der Waals surface area contributed by atoms with E-state index in [1.165, 1.54) is 0 Å². The molecule has 0 saturated carbocycles. The number of thiazole rings is 1. The number of benzene rings is 1. The molecule has 3 aromatic rings. The summed E-state index contributed by atoms with van der Waals surface area (Å²) in [7, 11) is 0. The zero-order valence-corrected chi connectivity index (χ0v) is 15.7. The van der Waals surface area contributed by atoms with Crippen LogP contribution in [-0.2, 0) is 4.74 Å². The van der Waals surface area contributed by atoms with E-state index in [0.717, 1.165) is 22.7 Å². The highest BCUT2D eigenvalue weighted by Crippen LogP contribution is 2.24. The van der Waals surface area contributed by atoms with Crippen molar-refractivity contribution in [2.75, 3.05) is 18.5 Å². The molecular formula is C20H19N3O3S. The molecule has 7 heteroatoms. The first kappa shape index (κ1) is 17.6. The van der Waals surface area contributed by atoms with Crippen molar-refractivity contribution in [1.29, 1.82) is 0 Å². The SMILES string of the molecule is Cc1nc(-c2cccc(NC(=O)c3ccnc(OC4CCOC4)c3)c2)cs1. The maximum absolute atomic E-state index is 12.6. The number of rotatable bonds is 5. The van der Waals surface area contributed by atoms with Crippen LogP contribution in [0.15, 0.2) is 48.0 Å². The molecule has 1 amide bonds. The Balaban J connectivity index is 1.47. The topological polar surface area (TPSA) is 73.3 Å². The van der Waals surface area contributed by atoms with Gasteiger partial charge in [0.25, 0.3) is 5.91 Å². The van der Waals surface area contributed by atoms with Gasteiger partial charge in [0.05, 0.1) is 23.9 Å². The Morgan fingerprint density at radius 2 is 2.26 bits per heavy atom. The minimum absolute atomic E-state index is 0.00550. The van der Waals surface area contributed by atoms with E-state index >= 15 is 0 Å². The molecular weight excluding hydrogens is 362 g/mol. The molecule has 138 valence electrons. The zero-order valence-electron chi connectivity index (χ0n) is 14.8. The van der Waals surface area contributed by atoms with Gasteiger partial charge in [-0.25, -0.2) is 9.97 Å². The van der Waals surface area contributed by atoms with Crippen LogP contribution >= 0.6 is 11.3 Å². The van der Waals surface area contributed by atoms with Gasteiger partial charge >= 0.3 is 0 Å². The van der Waals surface area contributed by atoms with Crippen LogP contribution in [0.4, 0.5) is 5.69 Å². The molecule has 2 aromatic heterocycles. The molecule has 1 saturated heterocycles. The number of aryl methyl sites for hydroxylation is 1. The summed E-state index contributed by atoms with van der Waals surface area (Å²) in [6.45, 7) is 3.22. The second-order valence-corrected chi connectivity index (χ2v) is 7.34. The molecule has 0 spiro atoms. The first-order chi connectivity index (χ1) is 13.2. The molecule has 1 aromatic carbocycles. The van der Waals surface area contributed by atoms with Gasteiger partial charge in [0.1, 0.15) is 6.10 Å². The molecule has 3 heterocycles. The first-order valence-corrected chi connectivity index (χ1v) is 9.60. The van der Waals surface area contributed by atoms with Crippen molar-refractivity contribution >= 4 is 22.9 Å². The quantitative estimate of drug-likeness (QED) is 0.725. The molecule has 6 nitrogen and oxygen atoms in total. The monoisotopic (exact) mass is 381 g/mol. The zero-order chi connectivity index (χ0) is 18.6. The molecule has 1 N–H and O–H groups in total. The molecule has 1 unspecified atom stereocenters. The Morgan fingerprint density at radius 1 is 1.33 bits per heavy atom. The van der Waals surface area contributed by atoms with Gasteiger partial charge in [-0.05, 0) is 25.1 Å². The normalized spacial score (nSPS) is 16.3. The molecule has 1 aliphatic heterocycles. The molecule has 0 aliphatic carbocycles. The predicted octanol–water partition coefficient (Wildman–Crippen LogP) is 3.93. The van der Waals surface area contributed by atoms with Gasteiger partial charge in [0, 0.05) is 40.9 Å². The molecule has 4 rings (SSSR count). The lowest BCUT2D eigenvalue weighted by molar-refractivity contribution is 0.102. The Hall–Kier alpha value is -2.77. The van der Waals surface area contributed by atoms with Gasteiger partial charge in [-0.3, -0.25) is 4.79 Å². The molecule has 0 radical (unpaired) electrons. The maximum atomic E-state index is 12.6. The third kappa shape index (κ3) is 4.32. The number of carbonyl (C=O) groups is 1. The van der Waals surface area contributed by atoms with Crippen molar-refractivity contribution in [2.24, 2.45) is 0 Å². The molecule has 1 fully saturated rings. The van der Waals surface area contributed by atoms with Gasteiger partial charge < -0.3 is 14.8 Å². The Bertz CT molecular complexity index is 951. The average Bonchev–Trinajstić information content (AvgIpc) is 3.34. The Labute approximate surface area is 161 Å². The van der Waals surface area contributed by atoms with Gasteiger partial charge in [-0.15, -0.1) is 11.3 Å². The van der Waals surface area contributed by atoms with Gasteiger partial charge in [0.2, 0.25) is 5.88 Å². The van der Waals surface area contributed by atoms with Gasteiger partial charge in [-0.2, -0.15) is 0 Å². The van der Waals surface area contributed by atoms with Crippen LogP contribution in [0.1, 0.15) is 21.8 Å². The van der Waals surface area contributed by atoms with E-state index in [-0.39, 0.29) is 12.0 Å². The van der Waals surface area contributed by atoms with Crippen molar-refractivity contribution in [3.63, 3.8) is 0 Å². The fraction of sp³-hybridized carbons (Fsp3) is 0.250. The summed E-state index contributed by atoms with van der Waals surface area (Å²) < 4.78 is 11.1. The summed E-state index contributed by atoms with van der Waals surface area (Å²) >= 11 is 1.60. The van der Waals surface area contributed by atoms with Gasteiger partial charge in [0.15, 0.2) is 0 Å². The number of amides is 1. The van der Waals surface area contributed by atoms with Crippen LogP contribution in [0.5, 0.6) is 5.88 Å². The van der Waals surface area contributed by atoms with E-state index in [4.69, 9.17) is 9.47 Å². The molecule has 1 atom stereocenters. The third-order valence-electron chi connectivity index (χ3n) is 4.21. The number of hydrogen-bond acceptors (Lipinski definition) is 6. The third-order valence-corrected chi connectivity index (χ3v) is 4.98. The van der Waals surface area contributed by atoms with Crippen molar-refractivity contribution in [1.82, 2.24) is 9.97 Å². The number of pyridine rings is 1. The van der Waals surface area contributed by atoms with Crippen molar-refractivity contribution in [3.05, 3.63) is 58.5 Å². The summed E-state index contributed by atoms with van der Waals surface area (Å²) in [5, 5.41) is 5.94. The fourth-order valence-electron chi connectivity index (χ4n) is 2.85. The average molecular weight is 381 g/mol. The number of carbonyl (C=O) groups excluding carboxylic acids is 1. The van der Waals surface area contributed by atoms with Crippen LogP contribution in [-0.4, -0.2) is 35.2 Å². The van der Waals surface area contributed by atoms with Crippen LogP contribution in [0, 0.1) is 6.92 Å². The highest BCUT2D eigenvalue weighted by Gasteiger charge is 2.18. The smallest absolute Gasteiger partial charge is 0.255 e. The lowest BCUT2D eigenvalue weighted by Gasteiger charge is -2.12. The highest BCUT2D eigenvalue weighted by atomic mass is 32.1. The van der Waals surface area contributed by atoms with Crippen LogP contribution in [0.25, 0.3) is 11.3 Å². The lowest BCUT2D eigenvalue weighted by Crippen LogP contribution is -2.17. The number of nitrogens with one attached hydrogen (secondary N) is 1. The van der Waals surface area contributed by atoms with E-state index in [1.807, 2.05) is 36.6 Å². The van der Waals surface area contributed by atoms with Crippen molar-refractivity contribution in [2.45, 2.75) is 19.4 Å². The number of anilines is 1. The second kappa shape index (κ2) is 7.85. The summed E-state index contributed by atoms with van der Waals surface area (Å²) in [5.41, 5.74) is 3.09. The van der Waals surface area contributed by atoms with Crippen molar-refractivity contribution < 1.29 is 14.3 Å². The minimum Gasteiger partial charge on any atom is -0.472 e. The summed E-state index contributed by atoms with van der Waals surface area (Å²) in [5.74, 6) is 0.223. The van der Waals surface area contributed by atoms with E-state index in [1.54, 1.807) is 29.7 Å². The summed E-state index contributed by atoms with van der Waals surface area (Å²) in [4.78, 5) is 21.3. The van der Waals surface area contributed by atoms with E-state index < -0.39 is 0 Å². The Morgan fingerprint density at radius 3 is 3.04 bits per heavy atom. The fourth-order valence-corrected chi connectivity index (χ4v) is 3.47.